The van der Waals surface area contributed by atoms with Crippen LogP contribution in [-0.4, -0.2) is 49.1 Å². The summed E-state index contributed by atoms with van der Waals surface area (Å²) in [6.07, 6.45) is 2.72. The van der Waals surface area contributed by atoms with Crippen LogP contribution in [0.1, 0.15) is 11.8 Å². The molecular weight excluding hydrogens is 244 g/mol. The number of nitrogens with zero attached hydrogens (tertiary/aromatic N) is 4. The fourth-order valence-electron chi connectivity index (χ4n) is 1.83. The summed E-state index contributed by atoms with van der Waals surface area (Å²) in [5.74, 6) is 1.04. The van der Waals surface area contributed by atoms with Crippen molar-refractivity contribution in [1.82, 2.24) is 14.9 Å². The predicted octanol–water partition coefficient (Wildman–Crippen LogP) is 2.25. The van der Waals surface area contributed by atoms with Crippen molar-refractivity contribution in [3.8, 4) is 0 Å². The Morgan fingerprint density at radius 3 is 2.61 bits per heavy atom. The van der Waals surface area contributed by atoms with Crippen LogP contribution in [0, 0.1) is 0 Å². The average molecular weight is 264 g/mol. The quantitative estimate of drug-likeness (QED) is 0.829. The Balaban J connectivity index is 2.29. The Labute approximate surface area is 112 Å². The Kier molecular flexibility index (Phi) is 4.14. The van der Waals surface area contributed by atoms with E-state index in [9.17, 15) is 0 Å². The smallest absolute Gasteiger partial charge is 0.140 e. The van der Waals surface area contributed by atoms with Crippen molar-refractivity contribution in [2.24, 2.45) is 0 Å². The van der Waals surface area contributed by atoms with Crippen LogP contribution in [0.15, 0.2) is 12.4 Å². The predicted molar refractivity (Wildman–Crippen MR) is 78.6 cm³/mol. The van der Waals surface area contributed by atoms with Gasteiger partial charge in [0, 0.05) is 25.0 Å². The molecule has 5 heteroatoms. The second kappa shape index (κ2) is 5.63. The van der Waals surface area contributed by atoms with Gasteiger partial charge in [-0.3, -0.25) is 0 Å². The lowest BCUT2D eigenvalue weighted by Crippen LogP contribution is -2.29. The standard InChI is InChI=1S/C13H20N4S/c1-5-10-8-11-12(14-9-15-13(11)18-10)17(4)7-6-16(2)3/h8-9H,5-7H2,1-4H3. The van der Waals surface area contributed by atoms with Crippen LogP contribution in [0.2, 0.25) is 0 Å². The van der Waals surface area contributed by atoms with Crippen molar-refractivity contribution < 1.29 is 0 Å². The van der Waals surface area contributed by atoms with Gasteiger partial charge in [-0.15, -0.1) is 11.3 Å². The summed E-state index contributed by atoms with van der Waals surface area (Å²) < 4.78 is 0. The summed E-state index contributed by atoms with van der Waals surface area (Å²) >= 11 is 1.77. The zero-order chi connectivity index (χ0) is 13.1. The highest BCUT2D eigenvalue weighted by Gasteiger charge is 2.11. The molecule has 0 unspecified atom stereocenters. The van der Waals surface area contributed by atoms with Crippen LogP contribution in [0.3, 0.4) is 0 Å². The number of likely N-dealkylation sites (N-methyl/N-ethyl adjacent to an activating group) is 2. The topological polar surface area (TPSA) is 32.3 Å². The van der Waals surface area contributed by atoms with Crippen LogP contribution in [0.4, 0.5) is 5.82 Å². The van der Waals surface area contributed by atoms with Gasteiger partial charge in [0.15, 0.2) is 0 Å². The Hall–Kier alpha value is -1.20. The zero-order valence-electron chi connectivity index (χ0n) is 11.5. The third-order valence-corrected chi connectivity index (χ3v) is 4.14. The van der Waals surface area contributed by atoms with Gasteiger partial charge in [0.05, 0.1) is 5.39 Å². The lowest BCUT2D eigenvalue weighted by Gasteiger charge is -2.20. The Morgan fingerprint density at radius 2 is 1.94 bits per heavy atom. The second-order valence-corrected chi connectivity index (χ2v) is 5.82. The van der Waals surface area contributed by atoms with E-state index in [0.717, 1.165) is 30.2 Å². The van der Waals surface area contributed by atoms with Crippen LogP contribution in [0.25, 0.3) is 10.2 Å². The fourth-order valence-corrected chi connectivity index (χ4v) is 2.76. The molecule has 2 aromatic rings. The summed E-state index contributed by atoms with van der Waals surface area (Å²) in [5.41, 5.74) is 0. The molecule has 0 aliphatic rings. The summed E-state index contributed by atoms with van der Waals surface area (Å²) in [4.78, 5) is 15.6. The monoisotopic (exact) mass is 264 g/mol. The minimum atomic E-state index is 0.969. The largest absolute Gasteiger partial charge is 0.358 e. The molecule has 0 amide bonds. The SMILES string of the molecule is CCc1cc2c(N(C)CCN(C)C)ncnc2s1. The summed E-state index contributed by atoms with van der Waals surface area (Å²) in [7, 11) is 6.26. The van der Waals surface area contributed by atoms with E-state index in [1.807, 2.05) is 0 Å². The fraction of sp³-hybridized carbons (Fsp3) is 0.538. The van der Waals surface area contributed by atoms with Crippen LogP contribution in [0.5, 0.6) is 0 Å². The third kappa shape index (κ3) is 2.79. The first-order chi connectivity index (χ1) is 8.61. The van der Waals surface area contributed by atoms with Gasteiger partial charge < -0.3 is 9.80 Å². The van der Waals surface area contributed by atoms with E-state index < -0.39 is 0 Å². The maximum absolute atomic E-state index is 4.44. The third-order valence-electron chi connectivity index (χ3n) is 2.95. The van der Waals surface area contributed by atoms with Gasteiger partial charge in [-0.25, -0.2) is 9.97 Å². The van der Waals surface area contributed by atoms with Gasteiger partial charge in [-0.1, -0.05) is 6.92 Å². The number of hydrogen-bond acceptors (Lipinski definition) is 5. The molecule has 0 saturated heterocycles. The molecule has 0 atom stereocenters. The van der Waals surface area contributed by atoms with Gasteiger partial charge in [0.25, 0.3) is 0 Å². The van der Waals surface area contributed by atoms with Crippen molar-refractivity contribution in [3.05, 3.63) is 17.3 Å². The summed E-state index contributed by atoms with van der Waals surface area (Å²) in [5, 5.41) is 1.18. The molecule has 2 aromatic heterocycles. The van der Waals surface area contributed by atoms with Crippen molar-refractivity contribution in [2.75, 3.05) is 39.1 Å². The van der Waals surface area contributed by atoms with Gasteiger partial charge >= 0.3 is 0 Å². The van der Waals surface area contributed by atoms with Crippen molar-refractivity contribution in [2.45, 2.75) is 13.3 Å². The molecule has 0 fully saturated rings. The summed E-state index contributed by atoms with van der Waals surface area (Å²) in [6, 6.07) is 2.22. The number of thiophene rings is 1. The number of fused-ring (bicyclic) bond motifs is 1. The first-order valence-corrected chi connectivity index (χ1v) is 7.02. The maximum Gasteiger partial charge on any atom is 0.140 e. The van der Waals surface area contributed by atoms with E-state index in [1.165, 1.54) is 10.3 Å². The van der Waals surface area contributed by atoms with Crippen molar-refractivity contribution in [1.29, 1.82) is 0 Å². The van der Waals surface area contributed by atoms with Crippen molar-refractivity contribution >= 4 is 27.4 Å². The Bertz CT molecular complexity index is 521. The molecule has 2 rings (SSSR count). The van der Waals surface area contributed by atoms with Gasteiger partial charge in [0.1, 0.15) is 17.0 Å². The molecule has 0 spiro atoms. The molecule has 0 aliphatic carbocycles. The number of aromatic nitrogens is 2. The molecule has 98 valence electrons. The normalized spacial score (nSPS) is 11.4. The van der Waals surface area contributed by atoms with E-state index >= 15 is 0 Å². The molecule has 0 saturated carbocycles. The van der Waals surface area contributed by atoms with E-state index in [0.29, 0.717) is 0 Å². The van der Waals surface area contributed by atoms with Crippen LogP contribution >= 0.6 is 11.3 Å². The molecule has 0 radical (unpaired) electrons. The molecule has 18 heavy (non-hydrogen) atoms. The lowest BCUT2D eigenvalue weighted by molar-refractivity contribution is 0.416. The van der Waals surface area contributed by atoms with E-state index in [-0.39, 0.29) is 0 Å². The minimum absolute atomic E-state index is 0.969. The highest BCUT2D eigenvalue weighted by molar-refractivity contribution is 7.18. The first-order valence-electron chi connectivity index (χ1n) is 6.21. The number of anilines is 1. The molecular formula is C13H20N4S. The molecule has 0 aliphatic heterocycles. The van der Waals surface area contributed by atoms with E-state index in [4.69, 9.17) is 0 Å². The number of rotatable bonds is 5. The number of aryl methyl sites for hydroxylation is 1. The highest BCUT2D eigenvalue weighted by atomic mass is 32.1. The van der Waals surface area contributed by atoms with Crippen LogP contribution < -0.4 is 4.90 Å². The Morgan fingerprint density at radius 1 is 1.17 bits per heavy atom. The van der Waals surface area contributed by atoms with Gasteiger partial charge in [-0.05, 0) is 26.6 Å². The van der Waals surface area contributed by atoms with Gasteiger partial charge in [0.2, 0.25) is 0 Å². The molecule has 0 bridgehead atoms. The van der Waals surface area contributed by atoms with Crippen LogP contribution in [-0.2, 0) is 6.42 Å². The molecule has 4 nitrogen and oxygen atoms in total. The maximum atomic E-state index is 4.44. The van der Waals surface area contributed by atoms with E-state index in [1.54, 1.807) is 17.7 Å². The lowest BCUT2D eigenvalue weighted by atomic mass is 10.3. The number of hydrogen-bond donors (Lipinski definition) is 0. The highest BCUT2D eigenvalue weighted by Crippen LogP contribution is 2.29. The molecule has 0 N–H and O–H groups in total. The van der Waals surface area contributed by atoms with E-state index in [2.05, 4.69) is 53.9 Å². The second-order valence-electron chi connectivity index (χ2n) is 4.71. The molecule has 2 heterocycles. The van der Waals surface area contributed by atoms with Crippen molar-refractivity contribution in [3.63, 3.8) is 0 Å². The zero-order valence-corrected chi connectivity index (χ0v) is 12.3. The first kappa shape index (κ1) is 13.2. The minimum Gasteiger partial charge on any atom is -0.358 e. The molecule has 0 aromatic carbocycles. The average Bonchev–Trinajstić information content (AvgIpc) is 2.78. The van der Waals surface area contributed by atoms with Gasteiger partial charge in [-0.2, -0.15) is 0 Å². The summed E-state index contributed by atoms with van der Waals surface area (Å²) in [6.45, 7) is 4.16.